The third-order valence-corrected chi connectivity index (χ3v) is 5.37. The van der Waals surface area contributed by atoms with E-state index in [0.29, 0.717) is 39.9 Å². The lowest BCUT2D eigenvalue weighted by Crippen LogP contribution is -2.10. The monoisotopic (exact) mass is 390 g/mol. The van der Waals surface area contributed by atoms with Crippen LogP contribution in [0.25, 0.3) is 11.1 Å². The number of carboxylic acids is 1. The number of aromatic amines is 1. The number of carboxylic acid groups (broad SMARTS) is 1. The lowest BCUT2D eigenvalue weighted by atomic mass is 9.87. The van der Waals surface area contributed by atoms with Crippen LogP contribution in [0.1, 0.15) is 57.4 Å². The lowest BCUT2D eigenvalue weighted by Gasteiger charge is -2.19. The Morgan fingerprint density at radius 3 is 2.32 bits per heavy atom. The van der Waals surface area contributed by atoms with Gasteiger partial charge in [-0.25, -0.2) is 4.79 Å². The van der Waals surface area contributed by atoms with Crippen molar-refractivity contribution in [1.29, 1.82) is 0 Å². The molecular formula is C20H26N2O6. The summed E-state index contributed by atoms with van der Waals surface area (Å²) in [5, 5.41) is 49.8. The summed E-state index contributed by atoms with van der Waals surface area (Å²) in [6.45, 7) is -0.832. The van der Waals surface area contributed by atoms with Crippen LogP contribution in [0, 0.1) is 5.92 Å². The van der Waals surface area contributed by atoms with Gasteiger partial charge in [-0.15, -0.1) is 0 Å². The van der Waals surface area contributed by atoms with Crippen molar-refractivity contribution in [3.8, 4) is 11.1 Å². The molecule has 0 amide bonds. The molecule has 1 aromatic heterocycles. The molecule has 3 rings (SSSR count). The molecule has 8 heteroatoms. The first kappa shape index (κ1) is 20.5. The van der Waals surface area contributed by atoms with E-state index in [1.165, 1.54) is 0 Å². The molecule has 8 nitrogen and oxygen atoms in total. The van der Waals surface area contributed by atoms with Gasteiger partial charge in [0.1, 0.15) is 5.69 Å². The Labute approximate surface area is 162 Å². The van der Waals surface area contributed by atoms with Gasteiger partial charge in [-0.05, 0) is 47.6 Å². The maximum atomic E-state index is 11.9. The molecule has 0 aliphatic heterocycles. The van der Waals surface area contributed by atoms with Gasteiger partial charge in [0.05, 0.1) is 25.9 Å². The molecule has 0 saturated heterocycles. The van der Waals surface area contributed by atoms with Crippen molar-refractivity contribution in [2.75, 3.05) is 6.54 Å². The Morgan fingerprint density at radius 1 is 1.14 bits per heavy atom. The summed E-state index contributed by atoms with van der Waals surface area (Å²) in [4.78, 5) is 14.7. The molecule has 2 aromatic rings. The Kier molecular flexibility index (Phi) is 6.17. The molecular weight excluding hydrogens is 364 g/mol. The van der Waals surface area contributed by atoms with E-state index in [0.717, 1.165) is 12.8 Å². The highest BCUT2D eigenvalue weighted by atomic mass is 16.4. The van der Waals surface area contributed by atoms with Crippen molar-refractivity contribution in [1.82, 2.24) is 4.98 Å². The van der Waals surface area contributed by atoms with Gasteiger partial charge < -0.3 is 36.3 Å². The second-order valence-corrected chi connectivity index (χ2v) is 7.10. The van der Waals surface area contributed by atoms with E-state index in [9.17, 15) is 30.3 Å². The van der Waals surface area contributed by atoms with E-state index >= 15 is 0 Å². The molecule has 1 fully saturated rings. The molecule has 1 aliphatic rings. The maximum absolute atomic E-state index is 11.9. The van der Waals surface area contributed by atoms with Gasteiger partial charge in [-0.3, -0.25) is 0 Å². The standard InChI is InChI=1S/C20H26N2O6/c21-6-5-15-16(12-4-3-11(7-23)13(8-24)14(12)9-25)17(18(22-15)20(27)28)19(26)10-1-2-10/h3-4,10,19,22-26H,1-2,5-9,21H2,(H,27,28). The zero-order valence-corrected chi connectivity index (χ0v) is 15.5. The minimum absolute atomic E-state index is 0.00928. The fourth-order valence-corrected chi connectivity index (χ4v) is 3.82. The van der Waals surface area contributed by atoms with Gasteiger partial charge in [0, 0.05) is 23.2 Å². The summed E-state index contributed by atoms with van der Waals surface area (Å²) in [7, 11) is 0. The summed E-state index contributed by atoms with van der Waals surface area (Å²) in [5.41, 5.74) is 8.77. The minimum atomic E-state index is -1.18. The van der Waals surface area contributed by atoms with Crippen LogP contribution in [0.4, 0.5) is 0 Å². The molecule has 0 spiro atoms. The Hall–Kier alpha value is -2.23. The van der Waals surface area contributed by atoms with Crippen molar-refractivity contribution >= 4 is 5.97 Å². The number of aliphatic hydroxyl groups excluding tert-OH is 4. The van der Waals surface area contributed by atoms with Crippen molar-refractivity contribution in [2.45, 2.75) is 45.2 Å². The van der Waals surface area contributed by atoms with E-state index < -0.39 is 18.7 Å². The fourth-order valence-electron chi connectivity index (χ4n) is 3.82. The molecule has 0 bridgehead atoms. The number of carbonyl (C=O) groups is 1. The second-order valence-electron chi connectivity index (χ2n) is 7.10. The van der Waals surface area contributed by atoms with Crippen molar-refractivity contribution in [2.24, 2.45) is 11.7 Å². The molecule has 8 N–H and O–H groups in total. The highest BCUT2D eigenvalue weighted by Gasteiger charge is 2.37. The summed E-state index contributed by atoms with van der Waals surface area (Å²) in [6.07, 6.45) is 1.03. The van der Waals surface area contributed by atoms with Crippen molar-refractivity contribution in [3.05, 3.63) is 45.8 Å². The number of aromatic carboxylic acids is 1. The molecule has 1 saturated carbocycles. The number of aromatic nitrogens is 1. The molecule has 0 radical (unpaired) electrons. The first-order chi connectivity index (χ1) is 13.5. The van der Waals surface area contributed by atoms with Crippen LogP contribution in [-0.4, -0.2) is 43.0 Å². The van der Waals surface area contributed by atoms with E-state index in [-0.39, 0.29) is 36.9 Å². The average molecular weight is 390 g/mol. The lowest BCUT2D eigenvalue weighted by molar-refractivity contribution is 0.0681. The predicted molar refractivity (Wildman–Crippen MR) is 101 cm³/mol. The number of benzene rings is 1. The molecule has 1 atom stereocenters. The quantitative estimate of drug-likeness (QED) is 0.333. The highest BCUT2D eigenvalue weighted by Crippen LogP contribution is 2.47. The number of nitrogens with two attached hydrogens (primary N) is 1. The fraction of sp³-hybridized carbons (Fsp3) is 0.450. The third kappa shape index (κ3) is 3.57. The predicted octanol–water partition coefficient (Wildman–Crippen LogP) is 0.801. The zero-order chi connectivity index (χ0) is 20.4. The number of hydrogen-bond donors (Lipinski definition) is 7. The Morgan fingerprint density at radius 2 is 1.82 bits per heavy atom. The number of aliphatic hydroxyl groups is 4. The molecule has 1 heterocycles. The van der Waals surface area contributed by atoms with Gasteiger partial charge in [-0.2, -0.15) is 0 Å². The molecule has 28 heavy (non-hydrogen) atoms. The second kappa shape index (κ2) is 8.42. The normalized spacial score (nSPS) is 15.0. The van der Waals surface area contributed by atoms with Gasteiger partial charge in [0.2, 0.25) is 0 Å². The Balaban J connectivity index is 2.32. The van der Waals surface area contributed by atoms with Crippen LogP contribution >= 0.6 is 0 Å². The van der Waals surface area contributed by atoms with Gasteiger partial charge >= 0.3 is 5.97 Å². The average Bonchev–Trinajstić information content (AvgIpc) is 3.47. The van der Waals surface area contributed by atoms with E-state index in [4.69, 9.17) is 5.73 Å². The zero-order valence-electron chi connectivity index (χ0n) is 15.5. The maximum Gasteiger partial charge on any atom is 0.352 e. The van der Waals surface area contributed by atoms with Crippen LogP contribution in [-0.2, 0) is 26.2 Å². The van der Waals surface area contributed by atoms with Crippen molar-refractivity contribution < 1.29 is 30.3 Å². The number of rotatable bonds is 9. The first-order valence-electron chi connectivity index (χ1n) is 9.31. The SMILES string of the molecule is NCCc1[nH]c(C(=O)O)c(C(O)C2CC2)c1-c1ccc(CO)c(CO)c1CO. The number of nitrogens with one attached hydrogen (secondary N) is 1. The van der Waals surface area contributed by atoms with E-state index in [2.05, 4.69) is 4.98 Å². The summed E-state index contributed by atoms with van der Waals surface area (Å²) < 4.78 is 0. The van der Waals surface area contributed by atoms with Crippen molar-refractivity contribution in [3.63, 3.8) is 0 Å². The summed E-state index contributed by atoms with van der Waals surface area (Å²) in [6, 6.07) is 3.31. The van der Waals surface area contributed by atoms with Crippen LogP contribution in [0.5, 0.6) is 0 Å². The van der Waals surface area contributed by atoms with Crippen LogP contribution in [0.15, 0.2) is 12.1 Å². The molecule has 1 aromatic carbocycles. The number of hydrogen-bond acceptors (Lipinski definition) is 6. The first-order valence-corrected chi connectivity index (χ1v) is 9.31. The molecule has 1 unspecified atom stereocenters. The molecule has 1 aliphatic carbocycles. The van der Waals surface area contributed by atoms with Crippen LogP contribution < -0.4 is 5.73 Å². The smallest absolute Gasteiger partial charge is 0.352 e. The van der Waals surface area contributed by atoms with Gasteiger partial charge in [0.15, 0.2) is 0 Å². The Bertz CT molecular complexity index is 872. The van der Waals surface area contributed by atoms with Crippen LogP contribution in [0.3, 0.4) is 0 Å². The highest BCUT2D eigenvalue weighted by molar-refractivity contribution is 5.92. The summed E-state index contributed by atoms with van der Waals surface area (Å²) >= 11 is 0. The minimum Gasteiger partial charge on any atom is -0.477 e. The third-order valence-electron chi connectivity index (χ3n) is 5.37. The van der Waals surface area contributed by atoms with E-state index in [1.54, 1.807) is 12.1 Å². The topological polar surface area (TPSA) is 160 Å². The molecule has 152 valence electrons. The summed E-state index contributed by atoms with van der Waals surface area (Å²) in [5.74, 6) is -1.19. The van der Waals surface area contributed by atoms with E-state index in [1.807, 2.05) is 0 Å². The van der Waals surface area contributed by atoms with Gasteiger partial charge in [0.25, 0.3) is 0 Å². The largest absolute Gasteiger partial charge is 0.477 e. The number of H-pyrrole nitrogens is 1. The van der Waals surface area contributed by atoms with Gasteiger partial charge in [-0.1, -0.05) is 12.1 Å². The van der Waals surface area contributed by atoms with Crippen LogP contribution in [0.2, 0.25) is 0 Å².